The number of carboxylic acids is 1. The standard InChI is InChI=1S/C22H25N4O6P/c27-21(19(25-14-33(30,31)32)11-18-12-23-13-24-18)26-20(22(28)29)10-15-6-8-17(9-7-15)16-4-2-1-3-5-16/h1-9,12-13,19-20,25H,10-11,14H2,(H,23,24)(H,26,27)(H,28,29)(H2,30,31,32)/t19-,20-/m0/s1. The number of imidazole rings is 1. The zero-order valence-electron chi connectivity index (χ0n) is 17.6. The van der Waals surface area contributed by atoms with Gasteiger partial charge in [-0.05, 0) is 16.7 Å². The van der Waals surface area contributed by atoms with Gasteiger partial charge in [-0.1, -0.05) is 54.6 Å². The maximum absolute atomic E-state index is 12.8. The molecule has 3 aromatic rings. The second kappa shape index (κ2) is 11.0. The minimum Gasteiger partial charge on any atom is -0.480 e. The number of carboxylic acid groups (broad SMARTS) is 1. The summed E-state index contributed by atoms with van der Waals surface area (Å²) in [7, 11) is -4.42. The predicted octanol–water partition coefficient (Wildman–Crippen LogP) is 1.52. The number of aromatic nitrogens is 2. The van der Waals surface area contributed by atoms with Crippen molar-refractivity contribution < 1.29 is 29.0 Å². The van der Waals surface area contributed by atoms with Crippen LogP contribution in [0.1, 0.15) is 11.3 Å². The zero-order chi connectivity index (χ0) is 23.8. The first-order valence-electron chi connectivity index (χ1n) is 10.1. The van der Waals surface area contributed by atoms with Crippen LogP contribution in [0.2, 0.25) is 0 Å². The van der Waals surface area contributed by atoms with Crippen molar-refractivity contribution in [3.05, 3.63) is 78.4 Å². The van der Waals surface area contributed by atoms with Crippen molar-refractivity contribution in [1.82, 2.24) is 20.6 Å². The molecule has 0 bridgehead atoms. The molecule has 11 heteroatoms. The molecule has 3 rings (SSSR count). The summed E-state index contributed by atoms with van der Waals surface area (Å²) in [4.78, 5) is 49.6. The molecule has 2 atom stereocenters. The van der Waals surface area contributed by atoms with Gasteiger partial charge in [0.2, 0.25) is 5.91 Å². The number of hydrogen-bond donors (Lipinski definition) is 6. The molecule has 0 aliphatic carbocycles. The van der Waals surface area contributed by atoms with Crippen LogP contribution in [0.3, 0.4) is 0 Å². The van der Waals surface area contributed by atoms with E-state index in [-0.39, 0.29) is 12.8 Å². The first kappa shape index (κ1) is 24.3. The van der Waals surface area contributed by atoms with E-state index in [4.69, 9.17) is 9.79 Å². The number of benzene rings is 2. The van der Waals surface area contributed by atoms with Gasteiger partial charge in [-0.15, -0.1) is 0 Å². The highest BCUT2D eigenvalue weighted by Crippen LogP contribution is 2.32. The van der Waals surface area contributed by atoms with Crippen LogP contribution < -0.4 is 10.6 Å². The fraction of sp³-hybridized carbons (Fsp3) is 0.227. The smallest absolute Gasteiger partial charge is 0.339 e. The van der Waals surface area contributed by atoms with E-state index in [1.54, 1.807) is 12.1 Å². The molecule has 6 N–H and O–H groups in total. The Morgan fingerprint density at radius 1 is 0.970 bits per heavy atom. The molecule has 1 amide bonds. The summed E-state index contributed by atoms with van der Waals surface area (Å²) in [5.74, 6) is -1.91. The molecule has 174 valence electrons. The van der Waals surface area contributed by atoms with Gasteiger partial charge >= 0.3 is 13.6 Å². The van der Waals surface area contributed by atoms with Gasteiger partial charge in [0.25, 0.3) is 0 Å². The fourth-order valence-electron chi connectivity index (χ4n) is 3.27. The Morgan fingerprint density at radius 3 is 2.21 bits per heavy atom. The van der Waals surface area contributed by atoms with Gasteiger partial charge < -0.3 is 25.2 Å². The third-order valence-corrected chi connectivity index (χ3v) is 5.55. The van der Waals surface area contributed by atoms with Gasteiger partial charge in [-0.3, -0.25) is 14.7 Å². The number of hydrogen-bond acceptors (Lipinski definition) is 5. The molecule has 0 aliphatic rings. The lowest BCUT2D eigenvalue weighted by atomic mass is 10.0. The molecule has 0 spiro atoms. The third kappa shape index (κ3) is 7.65. The molecule has 1 aromatic heterocycles. The first-order chi connectivity index (χ1) is 15.7. The molecular formula is C22H25N4O6P. The van der Waals surface area contributed by atoms with Gasteiger partial charge in [0.15, 0.2) is 0 Å². The highest BCUT2D eigenvalue weighted by atomic mass is 31.2. The number of aliphatic carboxylic acids is 1. The second-order valence-corrected chi connectivity index (χ2v) is 9.17. The molecule has 0 saturated carbocycles. The lowest BCUT2D eigenvalue weighted by Gasteiger charge is -2.21. The highest BCUT2D eigenvalue weighted by Gasteiger charge is 2.27. The number of rotatable bonds is 11. The van der Waals surface area contributed by atoms with E-state index in [2.05, 4.69) is 20.6 Å². The van der Waals surface area contributed by atoms with Crippen LogP contribution in [0.4, 0.5) is 0 Å². The van der Waals surface area contributed by atoms with E-state index in [0.29, 0.717) is 5.69 Å². The molecule has 0 saturated heterocycles. The van der Waals surface area contributed by atoms with Crippen LogP contribution in [0, 0.1) is 0 Å². The zero-order valence-corrected chi connectivity index (χ0v) is 18.5. The van der Waals surface area contributed by atoms with Gasteiger partial charge in [0.1, 0.15) is 6.04 Å². The molecule has 33 heavy (non-hydrogen) atoms. The van der Waals surface area contributed by atoms with Crippen LogP contribution in [0.15, 0.2) is 67.1 Å². The van der Waals surface area contributed by atoms with E-state index in [1.807, 2.05) is 42.5 Å². The maximum atomic E-state index is 12.8. The minimum absolute atomic E-state index is 0.0456. The Morgan fingerprint density at radius 2 is 1.64 bits per heavy atom. The van der Waals surface area contributed by atoms with Gasteiger partial charge in [0.05, 0.1) is 18.7 Å². The number of carbonyl (C=O) groups excluding carboxylic acids is 1. The fourth-order valence-corrected chi connectivity index (χ4v) is 3.73. The van der Waals surface area contributed by atoms with Crippen molar-refractivity contribution >= 4 is 19.5 Å². The van der Waals surface area contributed by atoms with Gasteiger partial charge in [-0.25, -0.2) is 9.78 Å². The average Bonchev–Trinajstić information content (AvgIpc) is 3.29. The summed E-state index contributed by atoms with van der Waals surface area (Å²) in [5, 5.41) is 14.6. The van der Waals surface area contributed by atoms with Crippen LogP contribution >= 0.6 is 7.60 Å². The molecule has 1 heterocycles. The van der Waals surface area contributed by atoms with E-state index < -0.39 is 37.8 Å². The molecule has 0 fully saturated rings. The first-order valence-corrected chi connectivity index (χ1v) is 11.9. The Bertz CT molecular complexity index is 1100. The van der Waals surface area contributed by atoms with Crippen molar-refractivity contribution in [3.63, 3.8) is 0 Å². The van der Waals surface area contributed by atoms with Crippen LogP contribution in [0.5, 0.6) is 0 Å². The van der Waals surface area contributed by atoms with E-state index in [0.717, 1.165) is 16.7 Å². The van der Waals surface area contributed by atoms with E-state index >= 15 is 0 Å². The second-order valence-electron chi connectivity index (χ2n) is 7.53. The summed E-state index contributed by atoms with van der Waals surface area (Å²) >= 11 is 0. The number of nitrogens with zero attached hydrogens (tertiary/aromatic N) is 1. The monoisotopic (exact) mass is 472 g/mol. The average molecular weight is 472 g/mol. The minimum atomic E-state index is -4.42. The Kier molecular flexibility index (Phi) is 8.13. The van der Waals surface area contributed by atoms with Gasteiger partial charge in [0, 0.05) is 24.7 Å². The van der Waals surface area contributed by atoms with Crippen molar-refractivity contribution in [3.8, 4) is 11.1 Å². The van der Waals surface area contributed by atoms with Crippen LogP contribution in [-0.4, -0.2) is 55.1 Å². The topological polar surface area (TPSA) is 165 Å². The summed E-state index contributed by atoms with van der Waals surface area (Å²) < 4.78 is 11.2. The lowest BCUT2D eigenvalue weighted by Crippen LogP contribution is -2.52. The van der Waals surface area contributed by atoms with Crippen molar-refractivity contribution in [2.45, 2.75) is 24.9 Å². The summed E-state index contributed by atoms with van der Waals surface area (Å²) in [6, 6.07) is 14.8. The Labute approximate surface area is 190 Å². The van der Waals surface area contributed by atoms with Gasteiger partial charge in [-0.2, -0.15) is 0 Å². The maximum Gasteiger partial charge on any atom is 0.339 e. The number of aromatic amines is 1. The summed E-state index contributed by atoms with van der Waals surface area (Å²) in [6.07, 6.45) is 2.25. The highest BCUT2D eigenvalue weighted by molar-refractivity contribution is 7.51. The molecule has 2 aromatic carbocycles. The summed E-state index contributed by atoms with van der Waals surface area (Å²) in [5.41, 5.74) is 3.29. The Hall–Kier alpha value is -3.30. The quantitative estimate of drug-likeness (QED) is 0.229. The normalized spacial score (nSPS) is 13.3. The van der Waals surface area contributed by atoms with Crippen molar-refractivity contribution in [2.24, 2.45) is 0 Å². The SMILES string of the molecule is O=C(O)[C@H](Cc1ccc(-c2ccccc2)cc1)NC(=O)[C@H](Cc1cnc[nH]1)NCP(=O)(O)O. The lowest BCUT2D eigenvalue weighted by molar-refractivity contribution is -0.142. The molecule has 10 nitrogen and oxygen atoms in total. The third-order valence-electron chi connectivity index (χ3n) is 4.95. The largest absolute Gasteiger partial charge is 0.480 e. The van der Waals surface area contributed by atoms with Crippen molar-refractivity contribution in [1.29, 1.82) is 0 Å². The number of amides is 1. The Balaban J connectivity index is 1.69. The summed E-state index contributed by atoms with van der Waals surface area (Å²) in [6.45, 7) is 0. The molecule has 0 aliphatic heterocycles. The van der Waals surface area contributed by atoms with E-state index in [9.17, 15) is 19.3 Å². The molecule has 0 radical (unpaired) electrons. The number of carbonyl (C=O) groups is 2. The predicted molar refractivity (Wildman–Crippen MR) is 121 cm³/mol. The van der Waals surface area contributed by atoms with Crippen LogP contribution in [0.25, 0.3) is 11.1 Å². The number of H-pyrrole nitrogens is 1. The molecule has 0 unspecified atom stereocenters. The van der Waals surface area contributed by atoms with Crippen LogP contribution in [-0.2, 0) is 27.0 Å². The number of nitrogens with one attached hydrogen (secondary N) is 3. The molecular weight excluding hydrogens is 447 g/mol. The van der Waals surface area contributed by atoms with Crippen molar-refractivity contribution in [2.75, 3.05) is 6.29 Å². The van der Waals surface area contributed by atoms with E-state index in [1.165, 1.54) is 12.5 Å².